The normalized spacial score (nSPS) is 11.0. The molecule has 0 saturated heterocycles. The van der Waals surface area contributed by atoms with Crippen LogP contribution in [0.15, 0.2) is 12.2 Å². The summed E-state index contributed by atoms with van der Waals surface area (Å²) in [5.74, 6) is -0.145. The highest BCUT2D eigenvalue weighted by Crippen LogP contribution is 2.21. The van der Waals surface area contributed by atoms with Gasteiger partial charge in [0.2, 0.25) is 0 Å². The van der Waals surface area contributed by atoms with Gasteiger partial charge < -0.3 is 4.74 Å². The summed E-state index contributed by atoms with van der Waals surface area (Å²) in [6.45, 7) is 11.6. The minimum Gasteiger partial charge on any atom is -0.461 e. The fourth-order valence-electron chi connectivity index (χ4n) is 0.528. The molecule has 2 nitrogen and oxygen atoms in total. The lowest BCUT2D eigenvalue weighted by Gasteiger charge is -2.20. The summed E-state index contributed by atoms with van der Waals surface area (Å²) in [5, 5.41) is 0. The lowest BCUT2D eigenvalue weighted by molar-refractivity contribution is -0.153. The number of carbonyl (C=O) groups excluding carboxylic acids is 1. The fourth-order valence-corrected chi connectivity index (χ4v) is 0.528. The Morgan fingerprint density at radius 3 is 2.33 bits per heavy atom. The number of carbonyl (C=O) groups is 1. The van der Waals surface area contributed by atoms with E-state index in [1.807, 2.05) is 27.7 Å². The second kappa shape index (κ2) is 4.29. The van der Waals surface area contributed by atoms with E-state index in [1.165, 1.54) is 0 Å². The lowest BCUT2D eigenvalue weighted by atomic mass is 9.91. The van der Waals surface area contributed by atoms with Crippen LogP contribution >= 0.6 is 0 Å². The van der Waals surface area contributed by atoms with Crippen LogP contribution in [0.2, 0.25) is 0 Å². The third-order valence-electron chi connectivity index (χ3n) is 1.89. The molecule has 0 aliphatic heterocycles. The van der Waals surface area contributed by atoms with Crippen molar-refractivity contribution in [1.29, 1.82) is 0 Å². The van der Waals surface area contributed by atoms with Crippen LogP contribution in [-0.2, 0) is 9.53 Å². The van der Waals surface area contributed by atoms with Crippen LogP contribution in [0.1, 0.15) is 34.1 Å². The van der Waals surface area contributed by atoms with Gasteiger partial charge in [-0.25, -0.2) is 0 Å². The predicted octanol–water partition coefficient (Wildman–Crippen LogP) is 2.54. The SMILES string of the molecule is C=C(C)COC(=O)C(C)(C)CC. The lowest BCUT2D eigenvalue weighted by Crippen LogP contribution is -2.26. The molecule has 12 heavy (non-hydrogen) atoms. The van der Waals surface area contributed by atoms with Gasteiger partial charge in [-0.1, -0.05) is 13.5 Å². The zero-order chi connectivity index (χ0) is 9.78. The van der Waals surface area contributed by atoms with Crippen LogP contribution < -0.4 is 0 Å². The van der Waals surface area contributed by atoms with Crippen LogP contribution in [0.5, 0.6) is 0 Å². The van der Waals surface area contributed by atoms with Gasteiger partial charge in [0, 0.05) is 0 Å². The van der Waals surface area contributed by atoms with Gasteiger partial charge in [-0.05, 0) is 32.8 Å². The summed E-state index contributed by atoms with van der Waals surface area (Å²) in [7, 11) is 0. The molecule has 0 aliphatic rings. The van der Waals surface area contributed by atoms with E-state index in [1.54, 1.807) is 0 Å². The number of hydrogen-bond acceptors (Lipinski definition) is 2. The Bertz CT molecular complexity index is 180. The van der Waals surface area contributed by atoms with Gasteiger partial charge in [0.05, 0.1) is 5.41 Å². The van der Waals surface area contributed by atoms with E-state index < -0.39 is 0 Å². The molecule has 0 bridgehead atoms. The maximum atomic E-state index is 11.3. The van der Waals surface area contributed by atoms with Crippen LogP contribution in [-0.4, -0.2) is 12.6 Å². The summed E-state index contributed by atoms with van der Waals surface area (Å²) in [6, 6.07) is 0. The van der Waals surface area contributed by atoms with Crippen molar-refractivity contribution in [1.82, 2.24) is 0 Å². The van der Waals surface area contributed by atoms with Crippen LogP contribution in [0.25, 0.3) is 0 Å². The monoisotopic (exact) mass is 170 g/mol. The largest absolute Gasteiger partial charge is 0.461 e. The van der Waals surface area contributed by atoms with Crippen molar-refractivity contribution >= 4 is 5.97 Å². The molecule has 0 unspecified atom stereocenters. The first kappa shape index (κ1) is 11.2. The second-order valence-corrected chi connectivity index (χ2v) is 3.77. The molecule has 0 rings (SSSR count). The minimum absolute atomic E-state index is 0.145. The molecule has 0 N–H and O–H groups in total. The molecule has 70 valence electrons. The topological polar surface area (TPSA) is 26.3 Å². The summed E-state index contributed by atoms with van der Waals surface area (Å²) >= 11 is 0. The van der Waals surface area contributed by atoms with Gasteiger partial charge in [-0.3, -0.25) is 4.79 Å². The Balaban J connectivity index is 3.96. The van der Waals surface area contributed by atoms with Crippen LogP contribution in [0.3, 0.4) is 0 Å². The molecule has 0 aromatic rings. The number of esters is 1. The molecule has 0 aliphatic carbocycles. The molecular weight excluding hydrogens is 152 g/mol. The highest BCUT2D eigenvalue weighted by molar-refractivity contribution is 5.75. The third-order valence-corrected chi connectivity index (χ3v) is 1.89. The maximum Gasteiger partial charge on any atom is 0.311 e. The van der Waals surface area contributed by atoms with Gasteiger partial charge in [0.1, 0.15) is 6.61 Å². The first-order chi connectivity index (χ1) is 5.40. The zero-order valence-electron chi connectivity index (χ0n) is 8.44. The average Bonchev–Trinajstić information content (AvgIpc) is 2.00. The maximum absolute atomic E-state index is 11.3. The van der Waals surface area contributed by atoms with Crippen LogP contribution in [0, 0.1) is 5.41 Å². The Kier molecular flexibility index (Phi) is 4.01. The van der Waals surface area contributed by atoms with Crippen molar-refractivity contribution in [2.45, 2.75) is 34.1 Å². The summed E-state index contributed by atoms with van der Waals surface area (Å²) in [5.41, 5.74) is 0.505. The van der Waals surface area contributed by atoms with E-state index in [-0.39, 0.29) is 11.4 Å². The summed E-state index contributed by atoms with van der Waals surface area (Å²) in [4.78, 5) is 11.3. The summed E-state index contributed by atoms with van der Waals surface area (Å²) < 4.78 is 5.02. The molecule has 0 heterocycles. The van der Waals surface area contributed by atoms with E-state index in [9.17, 15) is 4.79 Å². The second-order valence-electron chi connectivity index (χ2n) is 3.77. The average molecular weight is 170 g/mol. The van der Waals surface area contributed by atoms with Crippen molar-refractivity contribution in [3.05, 3.63) is 12.2 Å². The molecule has 0 aromatic carbocycles. The smallest absolute Gasteiger partial charge is 0.311 e. The molecular formula is C10H18O2. The summed E-state index contributed by atoms with van der Waals surface area (Å²) in [6.07, 6.45) is 0.794. The number of rotatable bonds is 4. The molecule has 0 atom stereocenters. The highest BCUT2D eigenvalue weighted by Gasteiger charge is 2.26. The van der Waals surface area contributed by atoms with Crippen molar-refractivity contribution in [3.8, 4) is 0 Å². The van der Waals surface area contributed by atoms with Crippen molar-refractivity contribution < 1.29 is 9.53 Å². The Morgan fingerprint density at radius 1 is 1.50 bits per heavy atom. The molecule has 0 radical (unpaired) electrons. The third kappa shape index (κ3) is 3.56. The Labute approximate surface area is 74.6 Å². The first-order valence-corrected chi connectivity index (χ1v) is 4.21. The standard InChI is InChI=1S/C10H18O2/c1-6-10(4,5)9(11)12-7-8(2)3/h2,6-7H2,1,3-5H3. The minimum atomic E-state index is -0.366. The Hall–Kier alpha value is -0.790. The number of hydrogen-bond donors (Lipinski definition) is 0. The van der Waals surface area contributed by atoms with Crippen molar-refractivity contribution in [3.63, 3.8) is 0 Å². The van der Waals surface area contributed by atoms with Crippen molar-refractivity contribution in [2.24, 2.45) is 5.41 Å². The van der Waals surface area contributed by atoms with Gasteiger partial charge in [-0.15, -0.1) is 0 Å². The molecule has 0 saturated carbocycles. The molecule has 0 spiro atoms. The van der Waals surface area contributed by atoms with Gasteiger partial charge >= 0.3 is 5.97 Å². The van der Waals surface area contributed by atoms with E-state index in [2.05, 4.69) is 6.58 Å². The van der Waals surface area contributed by atoms with Crippen molar-refractivity contribution in [2.75, 3.05) is 6.61 Å². The molecule has 2 heteroatoms. The van der Waals surface area contributed by atoms with E-state index in [0.717, 1.165) is 12.0 Å². The number of ether oxygens (including phenoxy) is 1. The zero-order valence-corrected chi connectivity index (χ0v) is 8.44. The quantitative estimate of drug-likeness (QED) is 0.478. The Morgan fingerprint density at radius 2 is 2.00 bits per heavy atom. The van der Waals surface area contributed by atoms with E-state index in [0.29, 0.717) is 6.61 Å². The van der Waals surface area contributed by atoms with Gasteiger partial charge in [-0.2, -0.15) is 0 Å². The van der Waals surface area contributed by atoms with Crippen LogP contribution in [0.4, 0.5) is 0 Å². The van der Waals surface area contributed by atoms with Gasteiger partial charge in [0.15, 0.2) is 0 Å². The predicted molar refractivity (Wildman–Crippen MR) is 49.8 cm³/mol. The molecule has 0 amide bonds. The first-order valence-electron chi connectivity index (χ1n) is 4.21. The highest BCUT2D eigenvalue weighted by atomic mass is 16.5. The van der Waals surface area contributed by atoms with E-state index in [4.69, 9.17) is 4.74 Å². The van der Waals surface area contributed by atoms with E-state index >= 15 is 0 Å². The van der Waals surface area contributed by atoms with Gasteiger partial charge in [0.25, 0.3) is 0 Å². The molecule has 0 fully saturated rings. The molecule has 0 aromatic heterocycles. The fraction of sp³-hybridized carbons (Fsp3) is 0.700.